The highest BCUT2D eigenvalue weighted by atomic mass is 32.2. The number of esters is 1. The predicted octanol–water partition coefficient (Wildman–Crippen LogP) is 1.42. The molecular weight excluding hydrogens is 254 g/mol. The van der Waals surface area contributed by atoms with E-state index in [2.05, 4.69) is 6.58 Å². The summed E-state index contributed by atoms with van der Waals surface area (Å²) in [6.07, 6.45) is 0. The minimum Gasteiger partial charge on any atom is -0.422 e. The SMILES string of the molecule is C=C(C)C(=O)Oc1ccccc1S(=O)(=O)N(C)C. The Morgan fingerprint density at radius 2 is 1.83 bits per heavy atom. The van der Waals surface area contributed by atoms with Crippen LogP contribution in [0.5, 0.6) is 5.75 Å². The van der Waals surface area contributed by atoms with Crippen molar-refractivity contribution in [2.24, 2.45) is 0 Å². The summed E-state index contributed by atoms with van der Waals surface area (Å²) < 4.78 is 30.1. The average Bonchev–Trinajstić information content (AvgIpc) is 2.29. The minimum atomic E-state index is -3.65. The molecule has 0 saturated carbocycles. The number of sulfonamides is 1. The number of benzene rings is 1. The van der Waals surface area contributed by atoms with Crippen LogP contribution in [-0.4, -0.2) is 32.8 Å². The van der Waals surface area contributed by atoms with Crippen molar-refractivity contribution in [1.29, 1.82) is 0 Å². The van der Waals surface area contributed by atoms with Crippen molar-refractivity contribution in [1.82, 2.24) is 4.31 Å². The van der Waals surface area contributed by atoms with Gasteiger partial charge in [0.05, 0.1) is 0 Å². The topological polar surface area (TPSA) is 63.7 Å². The molecule has 0 heterocycles. The maximum Gasteiger partial charge on any atom is 0.338 e. The zero-order valence-electron chi connectivity index (χ0n) is 10.5. The average molecular weight is 269 g/mol. The van der Waals surface area contributed by atoms with Crippen molar-refractivity contribution in [2.45, 2.75) is 11.8 Å². The molecule has 1 rings (SSSR count). The van der Waals surface area contributed by atoms with E-state index in [0.717, 1.165) is 4.31 Å². The van der Waals surface area contributed by atoms with Crippen LogP contribution in [0.15, 0.2) is 41.3 Å². The standard InChI is InChI=1S/C12H15NO4S/c1-9(2)12(14)17-10-7-5-6-8-11(10)18(15,16)13(3)4/h5-8H,1H2,2-4H3. The number of para-hydroxylation sites is 1. The maximum atomic E-state index is 12.0. The first-order valence-electron chi connectivity index (χ1n) is 5.16. The first kappa shape index (κ1) is 14.4. The monoisotopic (exact) mass is 269 g/mol. The Balaban J connectivity index is 3.24. The van der Waals surface area contributed by atoms with Crippen LogP contribution in [0.3, 0.4) is 0 Å². The van der Waals surface area contributed by atoms with E-state index >= 15 is 0 Å². The van der Waals surface area contributed by atoms with Gasteiger partial charge in [0, 0.05) is 19.7 Å². The summed E-state index contributed by atoms with van der Waals surface area (Å²) in [5, 5.41) is 0. The van der Waals surface area contributed by atoms with Gasteiger partial charge in [0.15, 0.2) is 5.75 Å². The molecule has 0 bridgehead atoms. The van der Waals surface area contributed by atoms with Crippen molar-refractivity contribution >= 4 is 16.0 Å². The lowest BCUT2D eigenvalue weighted by Gasteiger charge is -2.14. The Hall–Kier alpha value is -1.66. The molecular formula is C12H15NO4S. The van der Waals surface area contributed by atoms with Crippen molar-refractivity contribution in [3.63, 3.8) is 0 Å². The van der Waals surface area contributed by atoms with Gasteiger partial charge in [-0.1, -0.05) is 18.7 Å². The molecule has 0 atom stereocenters. The molecule has 0 unspecified atom stereocenters. The molecule has 0 spiro atoms. The van der Waals surface area contributed by atoms with Gasteiger partial charge in [0.2, 0.25) is 10.0 Å². The van der Waals surface area contributed by atoms with E-state index in [1.165, 1.54) is 33.2 Å². The van der Waals surface area contributed by atoms with E-state index < -0.39 is 16.0 Å². The molecule has 98 valence electrons. The fourth-order valence-electron chi connectivity index (χ4n) is 1.13. The summed E-state index contributed by atoms with van der Waals surface area (Å²) in [5.74, 6) is -0.657. The van der Waals surface area contributed by atoms with Crippen LogP contribution < -0.4 is 4.74 Å². The molecule has 1 aromatic rings. The van der Waals surface area contributed by atoms with E-state index in [4.69, 9.17) is 4.74 Å². The third-order valence-electron chi connectivity index (χ3n) is 2.16. The van der Waals surface area contributed by atoms with E-state index in [0.29, 0.717) is 0 Å². The number of rotatable bonds is 4. The molecule has 0 saturated heterocycles. The number of ether oxygens (including phenoxy) is 1. The minimum absolute atomic E-state index is 0.000741. The molecule has 18 heavy (non-hydrogen) atoms. The van der Waals surface area contributed by atoms with E-state index in [1.807, 2.05) is 0 Å². The van der Waals surface area contributed by atoms with Crippen LogP contribution in [0.2, 0.25) is 0 Å². The van der Waals surface area contributed by atoms with Crippen molar-refractivity contribution in [3.05, 3.63) is 36.4 Å². The summed E-state index contributed by atoms with van der Waals surface area (Å²) in [6.45, 7) is 4.94. The number of carbonyl (C=O) groups is 1. The van der Waals surface area contributed by atoms with E-state index in [-0.39, 0.29) is 16.2 Å². The van der Waals surface area contributed by atoms with Crippen LogP contribution in [0.1, 0.15) is 6.92 Å². The third kappa shape index (κ3) is 2.96. The molecule has 0 amide bonds. The summed E-state index contributed by atoms with van der Waals surface area (Å²) >= 11 is 0. The highest BCUT2D eigenvalue weighted by Gasteiger charge is 2.23. The normalized spacial score (nSPS) is 11.3. The van der Waals surface area contributed by atoms with Gasteiger partial charge in [-0.25, -0.2) is 17.5 Å². The zero-order valence-corrected chi connectivity index (χ0v) is 11.3. The van der Waals surface area contributed by atoms with E-state index in [9.17, 15) is 13.2 Å². The van der Waals surface area contributed by atoms with Crippen molar-refractivity contribution in [3.8, 4) is 5.75 Å². The van der Waals surface area contributed by atoms with Gasteiger partial charge in [-0.05, 0) is 19.1 Å². The number of hydrogen-bond acceptors (Lipinski definition) is 4. The summed E-state index contributed by atoms with van der Waals surface area (Å²) in [5.41, 5.74) is 0.201. The Morgan fingerprint density at radius 1 is 1.28 bits per heavy atom. The lowest BCUT2D eigenvalue weighted by Crippen LogP contribution is -2.23. The van der Waals surface area contributed by atoms with Crippen LogP contribution >= 0.6 is 0 Å². The molecule has 0 aliphatic carbocycles. The third-order valence-corrected chi connectivity index (χ3v) is 4.01. The van der Waals surface area contributed by atoms with Crippen LogP contribution in [0.25, 0.3) is 0 Å². The van der Waals surface area contributed by atoms with Crippen LogP contribution in [0.4, 0.5) is 0 Å². The quantitative estimate of drug-likeness (QED) is 0.471. The lowest BCUT2D eigenvalue weighted by atomic mass is 10.3. The first-order chi connectivity index (χ1) is 8.26. The molecule has 0 radical (unpaired) electrons. The Kier molecular flexibility index (Phi) is 4.26. The van der Waals surface area contributed by atoms with Gasteiger partial charge < -0.3 is 4.74 Å². The molecule has 0 aromatic heterocycles. The number of nitrogens with zero attached hydrogens (tertiary/aromatic N) is 1. The summed E-state index contributed by atoms with van der Waals surface area (Å²) in [7, 11) is -0.834. The number of carbonyl (C=O) groups excluding carboxylic acids is 1. The molecule has 0 N–H and O–H groups in total. The van der Waals surface area contributed by atoms with E-state index in [1.54, 1.807) is 12.1 Å². The van der Waals surface area contributed by atoms with Crippen LogP contribution in [-0.2, 0) is 14.8 Å². The molecule has 0 fully saturated rings. The smallest absolute Gasteiger partial charge is 0.338 e. The Morgan fingerprint density at radius 3 is 2.33 bits per heavy atom. The highest BCUT2D eigenvalue weighted by molar-refractivity contribution is 7.89. The second-order valence-electron chi connectivity index (χ2n) is 3.90. The predicted molar refractivity (Wildman–Crippen MR) is 67.8 cm³/mol. The fraction of sp³-hybridized carbons (Fsp3) is 0.250. The van der Waals surface area contributed by atoms with Gasteiger partial charge in [0.1, 0.15) is 4.90 Å². The molecule has 6 heteroatoms. The first-order valence-corrected chi connectivity index (χ1v) is 6.60. The highest BCUT2D eigenvalue weighted by Crippen LogP contribution is 2.25. The summed E-state index contributed by atoms with van der Waals surface area (Å²) in [4.78, 5) is 11.4. The zero-order chi connectivity index (χ0) is 13.9. The molecule has 1 aromatic carbocycles. The largest absolute Gasteiger partial charge is 0.422 e. The molecule has 0 aliphatic rings. The maximum absolute atomic E-state index is 12.0. The second-order valence-corrected chi connectivity index (χ2v) is 6.02. The second kappa shape index (κ2) is 5.32. The van der Waals surface area contributed by atoms with Crippen molar-refractivity contribution in [2.75, 3.05) is 14.1 Å². The van der Waals surface area contributed by atoms with Gasteiger partial charge in [-0.2, -0.15) is 0 Å². The summed E-state index contributed by atoms with van der Waals surface area (Å²) in [6, 6.07) is 5.97. The van der Waals surface area contributed by atoms with Gasteiger partial charge in [-0.3, -0.25) is 0 Å². The number of hydrogen-bond donors (Lipinski definition) is 0. The fourth-order valence-corrected chi connectivity index (χ4v) is 2.14. The van der Waals surface area contributed by atoms with Gasteiger partial charge >= 0.3 is 5.97 Å². The molecule has 0 aliphatic heterocycles. The van der Waals surface area contributed by atoms with Crippen molar-refractivity contribution < 1.29 is 17.9 Å². The van der Waals surface area contributed by atoms with Gasteiger partial charge in [0.25, 0.3) is 0 Å². The van der Waals surface area contributed by atoms with Gasteiger partial charge in [-0.15, -0.1) is 0 Å². The lowest BCUT2D eigenvalue weighted by molar-refractivity contribution is -0.130. The Bertz CT molecular complexity index is 575. The Labute approximate surface area is 107 Å². The van der Waals surface area contributed by atoms with Crippen LogP contribution in [0, 0.1) is 0 Å². The molecule has 5 nitrogen and oxygen atoms in total.